The summed E-state index contributed by atoms with van der Waals surface area (Å²) in [5, 5.41) is 2.04. The van der Waals surface area contributed by atoms with Gasteiger partial charge >= 0.3 is 0 Å². The molecule has 0 saturated carbocycles. The Morgan fingerprint density at radius 3 is 2.23 bits per heavy atom. The molecular weight excluding hydrogens is 391 g/mol. The minimum atomic E-state index is -0.210. The van der Waals surface area contributed by atoms with Gasteiger partial charge in [-0.05, 0) is 24.3 Å². The fraction of sp³-hybridized carbons (Fsp3) is 0. The van der Waals surface area contributed by atoms with Gasteiger partial charge in [-0.1, -0.05) is 65.1 Å². The molecular formula is C20H11Cl3N2O. The third-order valence-electron chi connectivity index (χ3n) is 4.08. The number of rotatable bonds is 2. The maximum Gasteiger partial charge on any atom is 0.255 e. The maximum atomic E-state index is 12.6. The molecule has 0 fully saturated rings. The van der Waals surface area contributed by atoms with Crippen LogP contribution in [0, 0.1) is 0 Å². The number of fused-ring (bicyclic) bond motifs is 1. The van der Waals surface area contributed by atoms with Crippen LogP contribution in [0.5, 0.6) is 0 Å². The molecule has 4 aromatic rings. The van der Waals surface area contributed by atoms with Gasteiger partial charge in [0.05, 0.1) is 21.9 Å². The molecule has 0 radical (unpaired) electrons. The highest BCUT2D eigenvalue weighted by atomic mass is 35.5. The van der Waals surface area contributed by atoms with Crippen molar-refractivity contribution in [2.75, 3.05) is 0 Å². The van der Waals surface area contributed by atoms with E-state index in [1.807, 2.05) is 30.3 Å². The van der Waals surface area contributed by atoms with Gasteiger partial charge < -0.3 is 0 Å². The van der Waals surface area contributed by atoms with E-state index in [9.17, 15) is 4.79 Å². The summed E-state index contributed by atoms with van der Waals surface area (Å²) in [5.74, 6) is 0. The lowest BCUT2D eigenvalue weighted by Crippen LogP contribution is -2.18. The van der Waals surface area contributed by atoms with Crippen LogP contribution in [0.4, 0.5) is 0 Å². The van der Waals surface area contributed by atoms with Gasteiger partial charge in [-0.25, -0.2) is 4.98 Å². The molecule has 0 spiro atoms. The number of pyridine rings is 2. The Morgan fingerprint density at radius 2 is 1.50 bits per heavy atom. The molecule has 128 valence electrons. The zero-order valence-electron chi connectivity index (χ0n) is 13.3. The van der Waals surface area contributed by atoms with Crippen molar-refractivity contribution in [2.45, 2.75) is 0 Å². The molecule has 2 aromatic heterocycles. The van der Waals surface area contributed by atoms with Crippen molar-refractivity contribution >= 4 is 45.7 Å². The Balaban J connectivity index is 2.14. The van der Waals surface area contributed by atoms with Gasteiger partial charge in [0.15, 0.2) is 0 Å². The number of para-hydroxylation sites is 1. The van der Waals surface area contributed by atoms with Gasteiger partial charge in [-0.15, -0.1) is 0 Å². The number of benzene rings is 2. The first-order chi connectivity index (χ1) is 12.6. The summed E-state index contributed by atoms with van der Waals surface area (Å²) in [6.07, 6.45) is 0. The molecule has 0 N–H and O–H groups in total. The standard InChI is InChI=1S/C20H11Cl3N2O/c21-14-6-2-1-5-12(14)20-13-9-10-19(26)25(17(13)11-18(23)24-20)16-8-4-3-7-15(16)22/h1-11H. The van der Waals surface area contributed by atoms with E-state index in [1.54, 1.807) is 30.3 Å². The summed E-state index contributed by atoms with van der Waals surface area (Å²) in [4.78, 5) is 17.1. The lowest BCUT2D eigenvalue weighted by atomic mass is 10.1. The van der Waals surface area contributed by atoms with Crippen molar-refractivity contribution in [2.24, 2.45) is 0 Å². The fourth-order valence-corrected chi connectivity index (χ4v) is 3.58. The lowest BCUT2D eigenvalue weighted by Gasteiger charge is -2.14. The molecule has 0 unspecified atom stereocenters. The smallest absolute Gasteiger partial charge is 0.255 e. The van der Waals surface area contributed by atoms with Gasteiger partial charge in [0.25, 0.3) is 5.56 Å². The van der Waals surface area contributed by atoms with E-state index in [0.29, 0.717) is 26.9 Å². The minimum Gasteiger partial charge on any atom is -0.275 e. The Labute approximate surface area is 164 Å². The summed E-state index contributed by atoms with van der Waals surface area (Å²) in [5.41, 5.74) is 2.33. The molecule has 2 aromatic carbocycles. The van der Waals surface area contributed by atoms with Crippen molar-refractivity contribution in [1.82, 2.24) is 9.55 Å². The molecule has 0 aliphatic carbocycles. The molecule has 0 aliphatic rings. The van der Waals surface area contributed by atoms with Crippen LogP contribution < -0.4 is 5.56 Å². The van der Waals surface area contributed by atoms with Crippen molar-refractivity contribution in [3.63, 3.8) is 0 Å². The van der Waals surface area contributed by atoms with Gasteiger partial charge in [-0.3, -0.25) is 9.36 Å². The van der Waals surface area contributed by atoms with E-state index >= 15 is 0 Å². The second-order valence-electron chi connectivity index (χ2n) is 5.66. The van der Waals surface area contributed by atoms with Crippen LogP contribution in [-0.4, -0.2) is 9.55 Å². The first-order valence-corrected chi connectivity index (χ1v) is 8.92. The normalized spacial score (nSPS) is 11.0. The predicted molar refractivity (Wildman–Crippen MR) is 108 cm³/mol. The number of hydrogen-bond donors (Lipinski definition) is 0. The predicted octanol–water partition coefficient (Wildman–Crippen LogP) is 6.01. The molecule has 26 heavy (non-hydrogen) atoms. The van der Waals surface area contributed by atoms with Gasteiger partial charge in [0.2, 0.25) is 0 Å². The van der Waals surface area contributed by atoms with Crippen molar-refractivity contribution < 1.29 is 0 Å². The zero-order valence-corrected chi connectivity index (χ0v) is 15.6. The molecule has 6 heteroatoms. The lowest BCUT2D eigenvalue weighted by molar-refractivity contribution is 1.04. The number of aromatic nitrogens is 2. The second kappa shape index (κ2) is 6.76. The van der Waals surface area contributed by atoms with Gasteiger partial charge in [0.1, 0.15) is 5.15 Å². The zero-order chi connectivity index (χ0) is 18.3. The van der Waals surface area contributed by atoms with Crippen LogP contribution >= 0.6 is 34.8 Å². The maximum absolute atomic E-state index is 12.6. The number of hydrogen-bond acceptors (Lipinski definition) is 2. The van der Waals surface area contributed by atoms with Crippen LogP contribution in [0.25, 0.3) is 27.8 Å². The topological polar surface area (TPSA) is 34.9 Å². The van der Waals surface area contributed by atoms with Crippen molar-refractivity contribution in [3.8, 4) is 16.9 Å². The van der Waals surface area contributed by atoms with Crippen molar-refractivity contribution in [1.29, 1.82) is 0 Å². The fourth-order valence-electron chi connectivity index (χ4n) is 2.95. The average molecular weight is 402 g/mol. The molecule has 0 amide bonds. The first-order valence-electron chi connectivity index (χ1n) is 7.78. The molecule has 2 heterocycles. The van der Waals surface area contributed by atoms with Crippen LogP contribution in [-0.2, 0) is 0 Å². The van der Waals surface area contributed by atoms with E-state index in [-0.39, 0.29) is 10.7 Å². The SMILES string of the molecule is O=c1ccc2c(-c3ccccc3Cl)nc(Cl)cc2n1-c1ccccc1Cl. The number of halogens is 3. The van der Waals surface area contributed by atoms with E-state index in [1.165, 1.54) is 10.6 Å². The van der Waals surface area contributed by atoms with Gasteiger partial charge in [-0.2, -0.15) is 0 Å². The molecule has 0 aliphatic heterocycles. The monoisotopic (exact) mass is 400 g/mol. The molecule has 3 nitrogen and oxygen atoms in total. The van der Waals surface area contributed by atoms with E-state index in [2.05, 4.69) is 4.98 Å². The summed E-state index contributed by atoms with van der Waals surface area (Å²) >= 11 is 19.0. The first kappa shape index (κ1) is 17.1. The number of nitrogens with zero attached hydrogens (tertiary/aromatic N) is 2. The summed E-state index contributed by atoms with van der Waals surface area (Å²) < 4.78 is 1.53. The largest absolute Gasteiger partial charge is 0.275 e. The van der Waals surface area contributed by atoms with Crippen LogP contribution in [0.2, 0.25) is 15.2 Å². The van der Waals surface area contributed by atoms with Crippen LogP contribution in [0.3, 0.4) is 0 Å². The van der Waals surface area contributed by atoms with Gasteiger partial charge in [0, 0.05) is 28.1 Å². The summed E-state index contributed by atoms with van der Waals surface area (Å²) in [6, 6.07) is 19.4. The minimum absolute atomic E-state index is 0.210. The van der Waals surface area contributed by atoms with E-state index in [0.717, 1.165) is 10.9 Å². The second-order valence-corrected chi connectivity index (χ2v) is 6.87. The van der Waals surface area contributed by atoms with Crippen LogP contribution in [0.1, 0.15) is 0 Å². The molecule has 4 rings (SSSR count). The molecule has 0 atom stereocenters. The quantitative estimate of drug-likeness (QED) is 0.385. The summed E-state index contributed by atoms with van der Waals surface area (Å²) in [7, 11) is 0. The molecule has 0 saturated heterocycles. The summed E-state index contributed by atoms with van der Waals surface area (Å²) in [6.45, 7) is 0. The Kier molecular flexibility index (Phi) is 4.45. The van der Waals surface area contributed by atoms with Crippen molar-refractivity contribution in [3.05, 3.63) is 92.3 Å². The third-order valence-corrected chi connectivity index (χ3v) is 4.92. The molecule has 0 bridgehead atoms. The third kappa shape index (κ3) is 2.88. The average Bonchev–Trinajstić information content (AvgIpc) is 2.62. The van der Waals surface area contributed by atoms with Crippen LogP contribution in [0.15, 0.2) is 71.5 Å². The highest BCUT2D eigenvalue weighted by Gasteiger charge is 2.15. The Bertz CT molecular complexity index is 1200. The highest BCUT2D eigenvalue weighted by molar-refractivity contribution is 6.34. The van der Waals surface area contributed by atoms with E-state index < -0.39 is 0 Å². The van der Waals surface area contributed by atoms with E-state index in [4.69, 9.17) is 34.8 Å². The highest BCUT2D eigenvalue weighted by Crippen LogP contribution is 2.34. The Hall–Kier alpha value is -2.33. The Morgan fingerprint density at radius 1 is 0.808 bits per heavy atom.